The molecule has 0 radical (unpaired) electrons. The smallest absolute Gasteiger partial charge is 0.131 e. The van der Waals surface area contributed by atoms with Crippen molar-refractivity contribution in [1.29, 1.82) is 0 Å². The maximum atomic E-state index is 5.97. The van der Waals surface area contributed by atoms with E-state index in [1.54, 1.807) is 0 Å². The molecule has 15 heavy (non-hydrogen) atoms. The first kappa shape index (κ1) is 11.0. The van der Waals surface area contributed by atoms with Gasteiger partial charge < -0.3 is 10.1 Å². The number of hydrogen-bond donors (Lipinski definition) is 1. The predicted octanol–water partition coefficient (Wildman–Crippen LogP) is 2.81. The molecule has 1 N–H and O–H groups in total. The lowest BCUT2D eigenvalue weighted by Gasteiger charge is -2.39. The number of benzene rings is 1. The van der Waals surface area contributed by atoms with E-state index in [9.17, 15) is 0 Å². The van der Waals surface area contributed by atoms with Crippen molar-refractivity contribution < 1.29 is 4.74 Å². The van der Waals surface area contributed by atoms with E-state index in [-0.39, 0.29) is 5.60 Å². The zero-order chi connectivity index (χ0) is 11.1. The first-order valence-electron chi connectivity index (χ1n) is 5.17. The van der Waals surface area contributed by atoms with Crippen LogP contribution in [0.3, 0.4) is 0 Å². The number of nitrogens with one attached hydrogen (secondary N) is 1. The molecule has 0 amide bonds. The Labute approximate surface area is 99.1 Å². The SMILES string of the molecule is Cc1cc(OC2(C)CNC2)cc(C)c1Br. The Morgan fingerprint density at radius 3 is 2.20 bits per heavy atom. The van der Waals surface area contributed by atoms with Crippen LogP contribution in [0.5, 0.6) is 5.75 Å². The van der Waals surface area contributed by atoms with E-state index in [1.807, 2.05) is 0 Å². The second-order valence-electron chi connectivity index (χ2n) is 4.53. The van der Waals surface area contributed by atoms with E-state index >= 15 is 0 Å². The largest absolute Gasteiger partial charge is 0.485 e. The normalized spacial score (nSPS) is 18.4. The molecule has 2 nitrogen and oxygen atoms in total. The highest BCUT2D eigenvalue weighted by atomic mass is 79.9. The van der Waals surface area contributed by atoms with Crippen molar-refractivity contribution in [2.45, 2.75) is 26.4 Å². The zero-order valence-electron chi connectivity index (χ0n) is 9.36. The monoisotopic (exact) mass is 269 g/mol. The molecule has 0 spiro atoms. The number of ether oxygens (including phenoxy) is 1. The highest BCUT2D eigenvalue weighted by molar-refractivity contribution is 9.10. The Hall–Kier alpha value is -0.540. The fraction of sp³-hybridized carbons (Fsp3) is 0.500. The van der Waals surface area contributed by atoms with Crippen molar-refractivity contribution in [3.8, 4) is 5.75 Å². The second-order valence-corrected chi connectivity index (χ2v) is 5.32. The van der Waals surface area contributed by atoms with Crippen molar-refractivity contribution in [3.05, 3.63) is 27.7 Å². The van der Waals surface area contributed by atoms with Crippen LogP contribution >= 0.6 is 15.9 Å². The summed E-state index contributed by atoms with van der Waals surface area (Å²) in [7, 11) is 0. The minimum atomic E-state index is -0.0211. The van der Waals surface area contributed by atoms with Gasteiger partial charge in [-0.25, -0.2) is 0 Å². The van der Waals surface area contributed by atoms with Crippen LogP contribution in [0.1, 0.15) is 18.1 Å². The van der Waals surface area contributed by atoms with Crippen molar-refractivity contribution in [2.75, 3.05) is 13.1 Å². The average Bonchev–Trinajstić information content (AvgIpc) is 2.11. The van der Waals surface area contributed by atoms with Gasteiger partial charge in [0.15, 0.2) is 0 Å². The summed E-state index contributed by atoms with van der Waals surface area (Å²) in [5, 5.41) is 3.23. The first-order chi connectivity index (χ1) is 7.00. The molecule has 3 heteroatoms. The van der Waals surface area contributed by atoms with Gasteiger partial charge in [0.2, 0.25) is 0 Å². The molecular weight excluding hydrogens is 254 g/mol. The molecule has 1 aliphatic rings. The van der Waals surface area contributed by atoms with Gasteiger partial charge in [-0.05, 0) is 44.0 Å². The van der Waals surface area contributed by atoms with E-state index in [2.05, 4.69) is 54.2 Å². The quantitative estimate of drug-likeness (QED) is 0.892. The maximum Gasteiger partial charge on any atom is 0.131 e. The van der Waals surface area contributed by atoms with E-state index in [1.165, 1.54) is 15.6 Å². The molecule has 2 rings (SSSR count). The van der Waals surface area contributed by atoms with Crippen molar-refractivity contribution in [2.24, 2.45) is 0 Å². The van der Waals surface area contributed by atoms with Crippen LogP contribution in [-0.2, 0) is 0 Å². The number of halogens is 1. The van der Waals surface area contributed by atoms with Crippen molar-refractivity contribution in [1.82, 2.24) is 5.32 Å². The highest BCUT2D eigenvalue weighted by Gasteiger charge is 2.33. The maximum absolute atomic E-state index is 5.97. The number of rotatable bonds is 2. The van der Waals surface area contributed by atoms with Gasteiger partial charge in [-0.15, -0.1) is 0 Å². The predicted molar refractivity (Wildman–Crippen MR) is 65.5 cm³/mol. The molecule has 0 aromatic heterocycles. The van der Waals surface area contributed by atoms with Crippen LogP contribution in [0.15, 0.2) is 16.6 Å². The molecule has 0 aliphatic carbocycles. The molecule has 1 heterocycles. The number of aryl methyl sites for hydroxylation is 2. The van der Waals surface area contributed by atoms with Crippen LogP contribution in [0.25, 0.3) is 0 Å². The lowest BCUT2D eigenvalue weighted by Crippen LogP contribution is -2.61. The summed E-state index contributed by atoms with van der Waals surface area (Å²) in [6.07, 6.45) is 0. The third-order valence-corrected chi connectivity index (χ3v) is 4.02. The third kappa shape index (κ3) is 2.18. The standard InChI is InChI=1S/C12H16BrNO/c1-8-4-10(5-9(2)11(8)13)15-12(3)6-14-7-12/h4-5,14H,6-7H2,1-3H3. The summed E-state index contributed by atoms with van der Waals surface area (Å²) in [4.78, 5) is 0. The van der Waals surface area contributed by atoms with Crippen LogP contribution in [0.4, 0.5) is 0 Å². The van der Waals surface area contributed by atoms with Crippen molar-refractivity contribution >= 4 is 15.9 Å². The summed E-state index contributed by atoms with van der Waals surface area (Å²) >= 11 is 3.56. The minimum absolute atomic E-state index is 0.0211. The molecular formula is C12H16BrNO. The third-order valence-electron chi connectivity index (χ3n) is 2.77. The van der Waals surface area contributed by atoms with Gasteiger partial charge >= 0.3 is 0 Å². The Balaban J connectivity index is 2.22. The highest BCUT2D eigenvalue weighted by Crippen LogP contribution is 2.29. The molecule has 1 aliphatic heterocycles. The van der Waals surface area contributed by atoms with Crippen LogP contribution in [-0.4, -0.2) is 18.7 Å². The Morgan fingerprint density at radius 2 is 1.80 bits per heavy atom. The van der Waals surface area contributed by atoms with E-state index in [4.69, 9.17) is 4.74 Å². The van der Waals surface area contributed by atoms with Gasteiger partial charge in [-0.1, -0.05) is 15.9 Å². The molecule has 0 atom stereocenters. The topological polar surface area (TPSA) is 21.3 Å². The zero-order valence-corrected chi connectivity index (χ0v) is 10.9. The van der Waals surface area contributed by atoms with Gasteiger partial charge in [0.05, 0.1) is 0 Å². The molecule has 0 unspecified atom stereocenters. The fourth-order valence-corrected chi connectivity index (χ4v) is 2.03. The molecule has 1 fully saturated rings. The van der Waals surface area contributed by atoms with E-state index < -0.39 is 0 Å². The Bertz CT molecular complexity index is 362. The molecule has 1 aromatic rings. The lowest BCUT2D eigenvalue weighted by atomic mass is 10.00. The fourth-order valence-electron chi connectivity index (χ4n) is 1.80. The van der Waals surface area contributed by atoms with Crippen LogP contribution in [0.2, 0.25) is 0 Å². The molecule has 0 saturated carbocycles. The molecule has 1 saturated heterocycles. The summed E-state index contributed by atoms with van der Waals surface area (Å²) in [5.74, 6) is 0.970. The van der Waals surface area contributed by atoms with Crippen LogP contribution < -0.4 is 10.1 Å². The van der Waals surface area contributed by atoms with Gasteiger partial charge in [0, 0.05) is 17.6 Å². The van der Waals surface area contributed by atoms with Gasteiger partial charge in [-0.2, -0.15) is 0 Å². The lowest BCUT2D eigenvalue weighted by molar-refractivity contribution is 0.0348. The summed E-state index contributed by atoms with van der Waals surface area (Å²) in [6, 6.07) is 4.17. The average molecular weight is 270 g/mol. The summed E-state index contributed by atoms with van der Waals surface area (Å²) in [6.45, 7) is 8.18. The number of hydrogen-bond acceptors (Lipinski definition) is 2. The minimum Gasteiger partial charge on any atom is -0.485 e. The molecule has 0 bridgehead atoms. The van der Waals surface area contributed by atoms with Gasteiger partial charge in [0.25, 0.3) is 0 Å². The van der Waals surface area contributed by atoms with Crippen LogP contribution in [0, 0.1) is 13.8 Å². The molecule has 1 aromatic carbocycles. The molecule has 82 valence electrons. The van der Waals surface area contributed by atoms with Gasteiger partial charge in [0.1, 0.15) is 11.4 Å². The second kappa shape index (κ2) is 3.80. The summed E-state index contributed by atoms with van der Waals surface area (Å²) in [5.41, 5.74) is 2.42. The summed E-state index contributed by atoms with van der Waals surface area (Å²) < 4.78 is 7.14. The Kier molecular flexibility index (Phi) is 2.77. The van der Waals surface area contributed by atoms with Gasteiger partial charge in [-0.3, -0.25) is 0 Å². The van der Waals surface area contributed by atoms with Crippen molar-refractivity contribution in [3.63, 3.8) is 0 Å². The first-order valence-corrected chi connectivity index (χ1v) is 5.96. The van der Waals surface area contributed by atoms with E-state index in [0.29, 0.717) is 0 Å². The Morgan fingerprint density at radius 1 is 1.27 bits per heavy atom. The van der Waals surface area contributed by atoms with E-state index in [0.717, 1.165) is 18.8 Å².